The van der Waals surface area contributed by atoms with Crippen LogP contribution in [-0.2, 0) is 15.8 Å². The van der Waals surface area contributed by atoms with Gasteiger partial charge in [0, 0.05) is 6.54 Å². The first-order valence-electron chi connectivity index (χ1n) is 9.93. The van der Waals surface area contributed by atoms with Crippen molar-refractivity contribution in [3.63, 3.8) is 0 Å². The van der Waals surface area contributed by atoms with Gasteiger partial charge in [0.2, 0.25) is 10.0 Å². The summed E-state index contributed by atoms with van der Waals surface area (Å²) in [7, 11) is -3.41. The molecule has 1 fully saturated rings. The third-order valence-electron chi connectivity index (χ3n) is 6.01. The van der Waals surface area contributed by atoms with E-state index in [1.54, 1.807) is 18.2 Å². The second-order valence-corrected chi connectivity index (χ2v) is 10.7. The van der Waals surface area contributed by atoms with Gasteiger partial charge in [-0.05, 0) is 78.7 Å². The summed E-state index contributed by atoms with van der Waals surface area (Å²) in [6.45, 7) is 0.455. The summed E-state index contributed by atoms with van der Waals surface area (Å²) in [6.07, 6.45) is 5.92. The van der Waals surface area contributed by atoms with Crippen LogP contribution >= 0.6 is 23.2 Å². The molecule has 0 aliphatic heterocycles. The first kappa shape index (κ1) is 20.2. The predicted octanol–water partition coefficient (Wildman–Crippen LogP) is 5.87. The molecule has 0 aromatic heterocycles. The summed E-state index contributed by atoms with van der Waals surface area (Å²) in [6, 6.07) is 13.7. The summed E-state index contributed by atoms with van der Waals surface area (Å²) < 4.78 is 27.7. The molecule has 1 N–H and O–H groups in total. The number of fused-ring (bicyclic) bond motifs is 1. The second kappa shape index (κ2) is 8.35. The van der Waals surface area contributed by atoms with Gasteiger partial charge in [-0.2, -0.15) is 0 Å². The Balaban J connectivity index is 1.36. The molecule has 0 bridgehead atoms. The van der Waals surface area contributed by atoms with Gasteiger partial charge < -0.3 is 0 Å². The minimum Gasteiger partial charge on any atom is -0.215 e. The lowest BCUT2D eigenvalue weighted by Gasteiger charge is -2.32. The molecule has 3 nitrogen and oxygen atoms in total. The topological polar surface area (TPSA) is 46.2 Å². The minimum atomic E-state index is -3.41. The van der Waals surface area contributed by atoms with Gasteiger partial charge in [0.1, 0.15) is 0 Å². The van der Waals surface area contributed by atoms with Crippen molar-refractivity contribution in [2.75, 3.05) is 6.54 Å². The fraction of sp³-hybridized carbons (Fsp3) is 0.455. The fourth-order valence-electron chi connectivity index (χ4n) is 4.49. The zero-order valence-electron chi connectivity index (χ0n) is 15.7. The van der Waals surface area contributed by atoms with Crippen molar-refractivity contribution in [2.45, 2.75) is 49.7 Å². The van der Waals surface area contributed by atoms with Crippen LogP contribution in [0.5, 0.6) is 0 Å². The highest BCUT2D eigenvalue weighted by Crippen LogP contribution is 2.51. The number of sulfonamides is 1. The summed E-state index contributed by atoms with van der Waals surface area (Å²) in [4.78, 5) is 0. The highest BCUT2D eigenvalue weighted by molar-refractivity contribution is 7.88. The van der Waals surface area contributed by atoms with Crippen molar-refractivity contribution in [1.29, 1.82) is 0 Å². The van der Waals surface area contributed by atoms with Gasteiger partial charge in [0.15, 0.2) is 0 Å². The van der Waals surface area contributed by atoms with E-state index in [4.69, 9.17) is 23.2 Å². The first-order chi connectivity index (χ1) is 13.4. The van der Waals surface area contributed by atoms with Crippen LogP contribution in [0.2, 0.25) is 10.0 Å². The molecular weight excluding hydrogens is 413 g/mol. The Morgan fingerprint density at radius 1 is 0.929 bits per heavy atom. The van der Waals surface area contributed by atoms with Crippen molar-refractivity contribution in [3.05, 3.63) is 69.2 Å². The molecule has 4 rings (SSSR count). The van der Waals surface area contributed by atoms with E-state index in [1.165, 1.54) is 30.4 Å². The van der Waals surface area contributed by atoms with E-state index in [0.717, 1.165) is 18.8 Å². The normalized spacial score (nSPS) is 22.1. The third-order valence-corrected chi connectivity index (χ3v) is 8.10. The average Bonchev–Trinajstić information content (AvgIpc) is 3.49. The molecule has 2 atom stereocenters. The molecular formula is C22H25Cl2NO2S. The van der Waals surface area contributed by atoms with Crippen molar-refractivity contribution < 1.29 is 8.42 Å². The van der Waals surface area contributed by atoms with Crippen molar-refractivity contribution >= 4 is 33.2 Å². The number of rotatable bonds is 7. The highest BCUT2D eigenvalue weighted by atomic mass is 35.5. The van der Waals surface area contributed by atoms with Crippen LogP contribution in [0.3, 0.4) is 0 Å². The number of nitrogens with one attached hydrogen (secondary N) is 1. The maximum absolute atomic E-state index is 12.4. The Morgan fingerprint density at radius 3 is 2.39 bits per heavy atom. The summed E-state index contributed by atoms with van der Waals surface area (Å²) in [5.41, 5.74) is 3.56. The number of halogens is 2. The maximum atomic E-state index is 12.4. The minimum absolute atomic E-state index is 0.0884. The van der Waals surface area contributed by atoms with Crippen molar-refractivity contribution in [1.82, 2.24) is 4.72 Å². The summed E-state index contributed by atoms with van der Waals surface area (Å²) >= 11 is 11.9. The van der Waals surface area contributed by atoms with E-state index >= 15 is 0 Å². The molecule has 2 unspecified atom stereocenters. The standard InChI is InChI=1S/C22H25Cl2NO2S/c23-21-10-5-15(13-22(21)24)14-28(26,27)25-12-11-17-8-9-19(16-6-7-16)20-4-2-1-3-18(17)20/h1-5,10,13,16-17,19,25H,6-9,11-12,14H2. The maximum Gasteiger partial charge on any atom is 0.215 e. The van der Waals surface area contributed by atoms with Crippen molar-refractivity contribution in [3.8, 4) is 0 Å². The van der Waals surface area contributed by atoms with Gasteiger partial charge in [-0.15, -0.1) is 0 Å². The molecule has 6 heteroatoms. The summed E-state index contributed by atoms with van der Waals surface area (Å²) in [5.74, 6) is 1.92. The average molecular weight is 438 g/mol. The first-order valence-corrected chi connectivity index (χ1v) is 12.3. The fourth-order valence-corrected chi connectivity index (χ4v) is 5.96. The van der Waals surface area contributed by atoms with Gasteiger partial charge in [-0.1, -0.05) is 53.5 Å². The molecule has 150 valence electrons. The molecule has 2 aromatic rings. The SMILES string of the molecule is O=S(=O)(Cc1ccc(Cl)c(Cl)c1)NCCC1CCC(C2CC2)c2ccccc21. The van der Waals surface area contributed by atoms with E-state index in [1.807, 2.05) is 0 Å². The molecule has 0 amide bonds. The lowest BCUT2D eigenvalue weighted by atomic mass is 9.74. The Labute approximate surface area is 177 Å². The van der Waals surface area contributed by atoms with Gasteiger partial charge >= 0.3 is 0 Å². The van der Waals surface area contributed by atoms with E-state index in [2.05, 4.69) is 29.0 Å². The zero-order valence-corrected chi connectivity index (χ0v) is 18.0. The molecule has 2 aromatic carbocycles. The van der Waals surface area contributed by atoms with Gasteiger partial charge in [0.05, 0.1) is 15.8 Å². The Morgan fingerprint density at radius 2 is 1.68 bits per heavy atom. The van der Waals surface area contributed by atoms with Gasteiger partial charge in [-0.25, -0.2) is 13.1 Å². The lowest BCUT2D eigenvalue weighted by Crippen LogP contribution is -2.28. The third kappa shape index (κ3) is 4.73. The molecule has 2 aliphatic rings. The van der Waals surface area contributed by atoms with E-state index in [0.29, 0.717) is 34.0 Å². The zero-order chi connectivity index (χ0) is 19.7. The van der Waals surface area contributed by atoms with Gasteiger partial charge in [-0.3, -0.25) is 0 Å². The Hall–Kier alpha value is -1.07. The number of benzene rings is 2. The van der Waals surface area contributed by atoms with Crippen LogP contribution < -0.4 is 4.72 Å². The van der Waals surface area contributed by atoms with Crippen LogP contribution in [0, 0.1) is 5.92 Å². The van der Waals surface area contributed by atoms with E-state index in [9.17, 15) is 8.42 Å². The van der Waals surface area contributed by atoms with Crippen LogP contribution in [-0.4, -0.2) is 15.0 Å². The monoisotopic (exact) mass is 437 g/mol. The van der Waals surface area contributed by atoms with E-state index in [-0.39, 0.29) is 5.75 Å². The number of hydrogen-bond donors (Lipinski definition) is 1. The highest BCUT2D eigenvalue weighted by Gasteiger charge is 2.37. The lowest BCUT2D eigenvalue weighted by molar-refractivity contribution is 0.434. The quantitative estimate of drug-likeness (QED) is 0.587. The largest absolute Gasteiger partial charge is 0.215 e. The molecule has 28 heavy (non-hydrogen) atoms. The molecule has 0 heterocycles. The van der Waals surface area contributed by atoms with Gasteiger partial charge in [0.25, 0.3) is 0 Å². The van der Waals surface area contributed by atoms with E-state index < -0.39 is 10.0 Å². The Bertz CT molecular complexity index is 957. The number of hydrogen-bond acceptors (Lipinski definition) is 2. The molecule has 0 spiro atoms. The molecule has 0 radical (unpaired) electrons. The summed E-state index contributed by atoms with van der Waals surface area (Å²) in [5, 5.41) is 0.801. The molecule has 2 aliphatic carbocycles. The van der Waals surface area contributed by atoms with Crippen LogP contribution in [0.4, 0.5) is 0 Å². The second-order valence-electron chi connectivity index (χ2n) is 8.04. The van der Waals surface area contributed by atoms with Crippen LogP contribution in [0.15, 0.2) is 42.5 Å². The smallest absolute Gasteiger partial charge is 0.215 e. The van der Waals surface area contributed by atoms with Crippen LogP contribution in [0.1, 0.15) is 60.6 Å². The molecule has 0 saturated heterocycles. The molecule has 1 saturated carbocycles. The van der Waals surface area contributed by atoms with Crippen LogP contribution in [0.25, 0.3) is 0 Å². The predicted molar refractivity (Wildman–Crippen MR) is 116 cm³/mol. The van der Waals surface area contributed by atoms with Crippen molar-refractivity contribution in [2.24, 2.45) is 5.92 Å². The Kier molecular flexibility index (Phi) is 6.03.